The van der Waals surface area contributed by atoms with Crippen molar-refractivity contribution in [1.29, 1.82) is 0 Å². The first kappa shape index (κ1) is 14.4. The Kier molecular flexibility index (Phi) is 8.33. The van der Waals surface area contributed by atoms with Gasteiger partial charge in [-0.25, -0.2) is 4.79 Å². The highest BCUT2D eigenvalue weighted by atomic mass is 16.6. The van der Waals surface area contributed by atoms with E-state index in [9.17, 15) is 4.79 Å². The van der Waals surface area contributed by atoms with Gasteiger partial charge in [-0.1, -0.05) is 13.8 Å². The number of nitrogens with zero attached hydrogens (tertiary/aromatic N) is 1. The Bertz CT molecular complexity index is 169. The molecule has 4 nitrogen and oxygen atoms in total. The van der Waals surface area contributed by atoms with Crippen molar-refractivity contribution in [3.63, 3.8) is 0 Å². The third-order valence-electron chi connectivity index (χ3n) is 2.44. The minimum atomic E-state index is -0.425. The highest BCUT2D eigenvalue weighted by molar-refractivity contribution is 5.74. The van der Waals surface area contributed by atoms with Crippen LogP contribution in [-0.4, -0.2) is 50.3 Å². The SMILES string of the molecule is CCOC(=O)C(CCN(CC)CC)OC. The van der Waals surface area contributed by atoms with E-state index in [0.717, 1.165) is 19.6 Å². The zero-order chi connectivity index (χ0) is 11.7. The maximum atomic E-state index is 11.4. The van der Waals surface area contributed by atoms with E-state index in [4.69, 9.17) is 9.47 Å². The van der Waals surface area contributed by atoms with Crippen molar-refractivity contribution in [2.45, 2.75) is 33.3 Å². The highest BCUT2D eigenvalue weighted by Crippen LogP contribution is 2.02. The van der Waals surface area contributed by atoms with Crippen LogP contribution in [0, 0.1) is 0 Å². The quantitative estimate of drug-likeness (QED) is 0.574. The number of rotatable bonds is 8. The van der Waals surface area contributed by atoms with Crippen LogP contribution in [0.3, 0.4) is 0 Å². The number of hydrogen-bond donors (Lipinski definition) is 0. The van der Waals surface area contributed by atoms with Gasteiger partial charge in [0.25, 0.3) is 0 Å². The van der Waals surface area contributed by atoms with E-state index < -0.39 is 6.10 Å². The Balaban J connectivity index is 3.93. The summed E-state index contributed by atoms with van der Waals surface area (Å²) in [5.74, 6) is -0.257. The molecule has 0 radical (unpaired) electrons. The summed E-state index contributed by atoms with van der Waals surface area (Å²) in [6, 6.07) is 0. The minimum absolute atomic E-state index is 0.257. The normalized spacial score (nSPS) is 12.9. The van der Waals surface area contributed by atoms with Crippen LogP contribution in [0.2, 0.25) is 0 Å². The second-order valence-corrected chi connectivity index (χ2v) is 3.29. The van der Waals surface area contributed by atoms with Crippen molar-refractivity contribution in [2.24, 2.45) is 0 Å². The van der Waals surface area contributed by atoms with Gasteiger partial charge in [-0.05, 0) is 26.4 Å². The molecule has 0 aliphatic heterocycles. The van der Waals surface area contributed by atoms with E-state index in [2.05, 4.69) is 18.7 Å². The highest BCUT2D eigenvalue weighted by Gasteiger charge is 2.19. The molecule has 0 aromatic heterocycles. The Morgan fingerprint density at radius 2 is 1.87 bits per heavy atom. The molecular weight excluding hydrogens is 194 g/mol. The summed E-state index contributed by atoms with van der Waals surface area (Å²) in [6.45, 7) is 9.28. The molecule has 0 aliphatic rings. The standard InChI is InChI=1S/C11H23NO3/c1-5-12(6-2)9-8-10(14-4)11(13)15-7-3/h10H,5-9H2,1-4H3. The molecule has 0 aliphatic carbocycles. The zero-order valence-electron chi connectivity index (χ0n) is 10.3. The predicted octanol–water partition coefficient (Wildman–Crippen LogP) is 1.30. The lowest BCUT2D eigenvalue weighted by molar-refractivity contribution is -0.155. The Hall–Kier alpha value is -0.610. The third kappa shape index (κ3) is 5.74. The fourth-order valence-electron chi connectivity index (χ4n) is 1.41. The van der Waals surface area contributed by atoms with Crippen molar-refractivity contribution >= 4 is 5.97 Å². The Labute approximate surface area is 92.5 Å². The number of carbonyl (C=O) groups excluding carboxylic acids is 1. The van der Waals surface area contributed by atoms with Crippen LogP contribution in [0.15, 0.2) is 0 Å². The molecule has 0 saturated heterocycles. The van der Waals surface area contributed by atoms with Crippen LogP contribution in [0.25, 0.3) is 0 Å². The lowest BCUT2D eigenvalue weighted by Gasteiger charge is -2.20. The summed E-state index contributed by atoms with van der Waals surface area (Å²) in [7, 11) is 1.55. The van der Waals surface area contributed by atoms with Gasteiger partial charge < -0.3 is 14.4 Å². The number of ether oxygens (including phenoxy) is 2. The molecule has 4 heteroatoms. The molecule has 0 rings (SSSR count). The van der Waals surface area contributed by atoms with Gasteiger partial charge in [0.2, 0.25) is 0 Å². The molecule has 0 amide bonds. The molecule has 15 heavy (non-hydrogen) atoms. The van der Waals surface area contributed by atoms with E-state index in [1.807, 2.05) is 0 Å². The summed E-state index contributed by atoms with van der Waals surface area (Å²) in [5, 5.41) is 0. The van der Waals surface area contributed by atoms with Crippen molar-refractivity contribution in [2.75, 3.05) is 33.4 Å². The molecule has 0 heterocycles. The molecule has 0 saturated carbocycles. The van der Waals surface area contributed by atoms with Crippen molar-refractivity contribution in [3.8, 4) is 0 Å². The largest absolute Gasteiger partial charge is 0.464 e. The van der Waals surface area contributed by atoms with E-state index in [1.165, 1.54) is 0 Å². The monoisotopic (exact) mass is 217 g/mol. The lowest BCUT2D eigenvalue weighted by atomic mass is 10.2. The number of methoxy groups -OCH3 is 1. The van der Waals surface area contributed by atoms with Crippen molar-refractivity contribution in [1.82, 2.24) is 4.90 Å². The first-order chi connectivity index (χ1) is 7.19. The maximum absolute atomic E-state index is 11.4. The van der Waals surface area contributed by atoms with E-state index in [0.29, 0.717) is 13.0 Å². The molecule has 1 atom stereocenters. The molecule has 0 aromatic carbocycles. The second-order valence-electron chi connectivity index (χ2n) is 3.29. The smallest absolute Gasteiger partial charge is 0.335 e. The summed E-state index contributed by atoms with van der Waals surface area (Å²) < 4.78 is 10.0. The first-order valence-electron chi connectivity index (χ1n) is 5.61. The molecule has 0 spiro atoms. The Morgan fingerprint density at radius 1 is 1.27 bits per heavy atom. The Morgan fingerprint density at radius 3 is 2.27 bits per heavy atom. The first-order valence-corrected chi connectivity index (χ1v) is 5.61. The molecule has 90 valence electrons. The van der Waals surface area contributed by atoms with Gasteiger partial charge in [0.05, 0.1) is 6.61 Å². The fourth-order valence-corrected chi connectivity index (χ4v) is 1.41. The average molecular weight is 217 g/mol. The second kappa shape index (κ2) is 8.68. The number of hydrogen-bond acceptors (Lipinski definition) is 4. The molecule has 0 N–H and O–H groups in total. The van der Waals surface area contributed by atoms with Crippen LogP contribution in [-0.2, 0) is 14.3 Å². The van der Waals surface area contributed by atoms with Gasteiger partial charge in [-0.15, -0.1) is 0 Å². The van der Waals surface area contributed by atoms with Gasteiger partial charge >= 0.3 is 5.97 Å². The fraction of sp³-hybridized carbons (Fsp3) is 0.909. The van der Waals surface area contributed by atoms with E-state index >= 15 is 0 Å². The van der Waals surface area contributed by atoms with Crippen molar-refractivity contribution in [3.05, 3.63) is 0 Å². The van der Waals surface area contributed by atoms with Gasteiger partial charge in [0.1, 0.15) is 0 Å². The van der Waals surface area contributed by atoms with E-state index in [-0.39, 0.29) is 5.97 Å². The van der Waals surface area contributed by atoms with Crippen LogP contribution >= 0.6 is 0 Å². The molecular formula is C11H23NO3. The van der Waals surface area contributed by atoms with Gasteiger partial charge in [0, 0.05) is 13.7 Å². The number of esters is 1. The lowest BCUT2D eigenvalue weighted by Crippen LogP contribution is -2.32. The van der Waals surface area contributed by atoms with Gasteiger partial charge in [0.15, 0.2) is 6.10 Å². The summed E-state index contributed by atoms with van der Waals surface area (Å²) in [6.07, 6.45) is 0.266. The minimum Gasteiger partial charge on any atom is -0.464 e. The molecule has 0 aromatic rings. The topological polar surface area (TPSA) is 38.8 Å². The maximum Gasteiger partial charge on any atom is 0.335 e. The van der Waals surface area contributed by atoms with E-state index in [1.54, 1.807) is 14.0 Å². The van der Waals surface area contributed by atoms with Gasteiger partial charge in [-0.3, -0.25) is 0 Å². The van der Waals surface area contributed by atoms with Gasteiger partial charge in [-0.2, -0.15) is 0 Å². The predicted molar refractivity (Wildman–Crippen MR) is 59.8 cm³/mol. The zero-order valence-corrected chi connectivity index (χ0v) is 10.3. The summed E-state index contributed by atoms with van der Waals surface area (Å²) in [4.78, 5) is 13.7. The summed E-state index contributed by atoms with van der Waals surface area (Å²) >= 11 is 0. The van der Waals surface area contributed by atoms with Crippen molar-refractivity contribution < 1.29 is 14.3 Å². The summed E-state index contributed by atoms with van der Waals surface area (Å²) in [5.41, 5.74) is 0. The molecule has 0 bridgehead atoms. The van der Waals surface area contributed by atoms with Crippen LogP contribution < -0.4 is 0 Å². The van der Waals surface area contributed by atoms with Crippen LogP contribution in [0.1, 0.15) is 27.2 Å². The molecule has 0 fully saturated rings. The molecule has 1 unspecified atom stereocenters. The van der Waals surface area contributed by atoms with Crippen LogP contribution in [0.5, 0.6) is 0 Å². The average Bonchev–Trinajstić information content (AvgIpc) is 2.25. The number of carbonyl (C=O) groups is 1. The third-order valence-corrected chi connectivity index (χ3v) is 2.44. The van der Waals surface area contributed by atoms with Crippen LogP contribution in [0.4, 0.5) is 0 Å².